The van der Waals surface area contributed by atoms with Crippen LogP contribution in [0.2, 0.25) is 0 Å². The summed E-state index contributed by atoms with van der Waals surface area (Å²) in [5.41, 5.74) is 3.81. The number of hydrogen-bond acceptors (Lipinski definition) is 6. The van der Waals surface area contributed by atoms with E-state index in [-0.39, 0.29) is 0 Å². The Balaban J connectivity index is 1.83. The fraction of sp³-hybridized carbons (Fsp3) is 0.357. The highest BCUT2D eigenvalue weighted by Gasteiger charge is 2.27. The first-order valence-electron chi connectivity index (χ1n) is 6.72. The molecule has 0 aliphatic heterocycles. The van der Waals surface area contributed by atoms with Crippen molar-refractivity contribution < 1.29 is 0 Å². The van der Waals surface area contributed by atoms with Crippen LogP contribution in [-0.4, -0.2) is 22.0 Å². The van der Waals surface area contributed by atoms with Gasteiger partial charge in [-0.3, -0.25) is 4.98 Å². The molecule has 1 aliphatic carbocycles. The molecule has 0 amide bonds. The lowest BCUT2D eigenvalue weighted by Crippen LogP contribution is -2.20. The minimum atomic E-state index is 0.497. The van der Waals surface area contributed by atoms with Gasteiger partial charge in [-0.05, 0) is 30.5 Å². The van der Waals surface area contributed by atoms with E-state index in [1.54, 1.807) is 12.4 Å². The number of nitrogen functional groups attached to an aromatic ring is 1. The SMILES string of the molecule is CN(Cc1ccncc1)c1cc(NN)nc(C2CC2)n1. The van der Waals surface area contributed by atoms with E-state index >= 15 is 0 Å². The maximum Gasteiger partial charge on any atom is 0.145 e. The molecule has 0 atom stereocenters. The van der Waals surface area contributed by atoms with Crippen molar-refractivity contribution in [3.8, 4) is 0 Å². The monoisotopic (exact) mass is 270 g/mol. The first-order chi connectivity index (χ1) is 9.76. The van der Waals surface area contributed by atoms with Gasteiger partial charge in [0.1, 0.15) is 17.5 Å². The normalized spacial score (nSPS) is 14.1. The van der Waals surface area contributed by atoms with Gasteiger partial charge >= 0.3 is 0 Å². The zero-order valence-corrected chi connectivity index (χ0v) is 11.5. The average Bonchev–Trinajstić information content (AvgIpc) is 3.32. The van der Waals surface area contributed by atoms with Crippen molar-refractivity contribution in [2.75, 3.05) is 17.4 Å². The maximum absolute atomic E-state index is 5.49. The second kappa shape index (κ2) is 5.42. The van der Waals surface area contributed by atoms with Crippen molar-refractivity contribution in [1.82, 2.24) is 15.0 Å². The lowest BCUT2D eigenvalue weighted by molar-refractivity contribution is 0.853. The minimum absolute atomic E-state index is 0.497. The zero-order valence-electron chi connectivity index (χ0n) is 11.5. The van der Waals surface area contributed by atoms with Crippen LogP contribution < -0.4 is 16.2 Å². The number of nitrogens with zero attached hydrogens (tertiary/aromatic N) is 4. The number of aromatic nitrogens is 3. The predicted octanol–water partition coefficient (Wildman–Crippen LogP) is 1.67. The van der Waals surface area contributed by atoms with E-state index in [1.807, 2.05) is 25.2 Å². The number of rotatable bonds is 5. The topological polar surface area (TPSA) is 80.0 Å². The van der Waals surface area contributed by atoms with Gasteiger partial charge in [-0.1, -0.05) is 0 Å². The molecule has 20 heavy (non-hydrogen) atoms. The zero-order chi connectivity index (χ0) is 13.9. The summed E-state index contributed by atoms with van der Waals surface area (Å²) >= 11 is 0. The standard InChI is InChI=1S/C14H18N6/c1-20(9-10-4-6-16-7-5-10)13-8-12(19-15)17-14(18-13)11-2-3-11/h4-8,11H,2-3,9,15H2,1H3,(H,17,18,19). The first-order valence-corrected chi connectivity index (χ1v) is 6.72. The Hall–Kier alpha value is -2.21. The van der Waals surface area contributed by atoms with Gasteiger partial charge in [0.2, 0.25) is 0 Å². The first kappa shape index (κ1) is 12.8. The van der Waals surface area contributed by atoms with E-state index in [9.17, 15) is 0 Å². The van der Waals surface area contributed by atoms with Gasteiger partial charge in [0, 0.05) is 38.0 Å². The number of nitrogens with two attached hydrogens (primary N) is 1. The van der Waals surface area contributed by atoms with Gasteiger partial charge in [0.15, 0.2) is 0 Å². The number of nitrogens with one attached hydrogen (secondary N) is 1. The second-order valence-corrected chi connectivity index (χ2v) is 5.10. The van der Waals surface area contributed by atoms with E-state index in [1.165, 1.54) is 18.4 Å². The summed E-state index contributed by atoms with van der Waals surface area (Å²) in [6, 6.07) is 5.87. The molecule has 6 heteroatoms. The summed E-state index contributed by atoms with van der Waals surface area (Å²) in [6.45, 7) is 0.771. The number of hydrogen-bond donors (Lipinski definition) is 2. The molecule has 3 rings (SSSR count). The van der Waals surface area contributed by atoms with E-state index in [0.717, 1.165) is 18.2 Å². The molecule has 2 aromatic rings. The summed E-state index contributed by atoms with van der Waals surface area (Å²) < 4.78 is 0. The Morgan fingerprint density at radius 3 is 2.70 bits per heavy atom. The quantitative estimate of drug-likeness (QED) is 0.635. The van der Waals surface area contributed by atoms with Crippen LogP contribution in [0.1, 0.15) is 30.1 Å². The molecule has 104 valence electrons. The van der Waals surface area contributed by atoms with Crippen LogP contribution in [0.3, 0.4) is 0 Å². The highest BCUT2D eigenvalue weighted by atomic mass is 15.3. The minimum Gasteiger partial charge on any atom is -0.355 e. The van der Waals surface area contributed by atoms with Gasteiger partial charge < -0.3 is 10.3 Å². The van der Waals surface area contributed by atoms with E-state index in [0.29, 0.717) is 11.7 Å². The molecule has 2 aromatic heterocycles. The second-order valence-electron chi connectivity index (χ2n) is 5.10. The van der Waals surface area contributed by atoms with Crippen molar-refractivity contribution in [3.63, 3.8) is 0 Å². The Morgan fingerprint density at radius 1 is 1.30 bits per heavy atom. The maximum atomic E-state index is 5.49. The third-order valence-electron chi connectivity index (χ3n) is 3.38. The van der Waals surface area contributed by atoms with Gasteiger partial charge in [-0.25, -0.2) is 15.8 Å². The Bertz CT molecular complexity index is 581. The average molecular weight is 270 g/mol. The van der Waals surface area contributed by atoms with Gasteiger partial charge in [0.25, 0.3) is 0 Å². The molecular weight excluding hydrogens is 252 g/mol. The summed E-state index contributed by atoms with van der Waals surface area (Å²) in [5, 5.41) is 0. The molecule has 6 nitrogen and oxygen atoms in total. The highest BCUT2D eigenvalue weighted by molar-refractivity contribution is 5.49. The number of anilines is 2. The van der Waals surface area contributed by atoms with Crippen molar-refractivity contribution in [2.24, 2.45) is 5.84 Å². The van der Waals surface area contributed by atoms with Crippen LogP contribution >= 0.6 is 0 Å². The summed E-state index contributed by atoms with van der Waals surface area (Å²) in [5.74, 6) is 8.42. The predicted molar refractivity (Wildman–Crippen MR) is 78.2 cm³/mol. The molecule has 0 bridgehead atoms. The molecule has 1 saturated carbocycles. The third-order valence-corrected chi connectivity index (χ3v) is 3.38. The fourth-order valence-electron chi connectivity index (χ4n) is 2.09. The van der Waals surface area contributed by atoms with Crippen LogP contribution in [-0.2, 0) is 6.54 Å². The van der Waals surface area contributed by atoms with Gasteiger partial charge in [-0.2, -0.15) is 0 Å². The molecule has 0 unspecified atom stereocenters. The van der Waals surface area contributed by atoms with E-state index < -0.39 is 0 Å². The molecule has 0 radical (unpaired) electrons. The van der Waals surface area contributed by atoms with Crippen molar-refractivity contribution >= 4 is 11.6 Å². The van der Waals surface area contributed by atoms with Crippen LogP contribution in [0.25, 0.3) is 0 Å². The molecule has 0 spiro atoms. The molecule has 0 aromatic carbocycles. The van der Waals surface area contributed by atoms with Crippen molar-refractivity contribution in [3.05, 3.63) is 42.0 Å². The van der Waals surface area contributed by atoms with Crippen LogP contribution in [0.15, 0.2) is 30.6 Å². The Morgan fingerprint density at radius 2 is 2.05 bits per heavy atom. The van der Waals surface area contributed by atoms with Crippen LogP contribution in [0.5, 0.6) is 0 Å². The number of pyridine rings is 1. The van der Waals surface area contributed by atoms with Crippen LogP contribution in [0.4, 0.5) is 11.6 Å². The van der Waals surface area contributed by atoms with Crippen molar-refractivity contribution in [1.29, 1.82) is 0 Å². The number of hydrazine groups is 1. The molecule has 3 N–H and O–H groups in total. The molecule has 1 fully saturated rings. The Kier molecular flexibility index (Phi) is 3.47. The fourth-order valence-corrected chi connectivity index (χ4v) is 2.09. The summed E-state index contributed by atoms with van der Waals surface area (Å²) in [7, 11) is 2.01. The molecule has 0 saturated heterocycles. The molecule has 2 heterocycles. The van der Waals surface area contributed by atoms with Gasteiger partial charge in [0.05, 0.1) is 0 Å². The molecule has 1 aliphatic rings. The smallest absolute Gasteiger partial charge is 0.145 e. The highest BCUT2D eigenvalue weighted by Crippen LogP contribution is 2.39. The largest absolute Gasteiger partial charge is 0.355 e. The van der Waals surface area contributed by atoms with Crippen molar-refractivity contribution in [2.45, 2.75) is 25.3 Å². The Labute approximate surface area is 118 Å². The molecular formula is C14H18N6. The van der Waals surface area contributed by atoms with Gasteiger partial charge in [-0.15, -0.1) is 0 Å². The van der Waals surface area contributed by atoms with E-state index in [4.69, 9.17) is 5.84 Å². The summed E-state index contributed by atoms with van der Waals surface area (Å²) in [6.07, 6.45) is 5.93. The van der Waals surface area contributed by atoms with Crippen LogP contribution in [0, 0.1) is 0 Å². The lowest BCUT2D eigenvalue weighted by Gasteiger charge is -2.19. The summed E-state index contributed by atoms with van der Waals surface area (Å²) in [4.78, 5) is 15.2. The third kappa shape index (κ3) is 2.85. The van der Waals surface area contributed by atoms with E-state index in [2.05, 4.69) is 25.3 Å². The lowest BCUT2D eigenvalue weighted by atomic mass is 10.2.